The molecule has 3 heterocycles. The van der Waals surface area contributed by atoms with E-state index < -0.39 is 5.82 Å². The van der Waals surface area contributed by atoms with E-state index in [0.29, 0.717) is 16.7 Å². The number of halogens is 1. The summed E-state index contributed by atoms with van der Waals surface area (Å²) in [5.41, 5.74) is 4.85. The Morgan fingerprint density at radius 2 is 1.92 bits per heavy atom. The van der Waals surface area contributed by atoms with Gasteiger partial charge >= 0.3 is 5.69 Å². The van der Waals surface area contributed by atoms with E-state index in [9.17, 15) is 9.18 Å². The van der Waals surface area contributed by atoms with E-state index in [1.54, 1.807) is 24.0 Å². The van der Waals surface area contributed by atoms with Crippen molar-refractivity contribution in [2.24, 2.45) is 7.05 Å². The summed E-state index contributed by atoms with van der Waals surface area (Å²) in [5.74, 6) is -0.422. The lowest BCUT2D eigenvalue weighted by Gasteiger charge is -2.06. The van der Waals surface area contributed by atoms with Crippen LogP contribution in [0, 0.1) is 12.7 Å². The van der Waals surface area contributed by atoms with E-state index in [1.807, 2.05) is 31.2 Å². The Hall–Kier alpha value is -3.28. The molecule has 0 aliphatic carbocycles. The maximum atomic E-state index is 13.4. The number of aryl methyl sites for hydroxylation is 2. The van der Waals surface area contributed by atoms with Crippen molar-refractivity contribution in [3.63, 3.8) is 0 Å². The number of pyridine rings is 2. The molecule has 0 radical (unpaired) electrons. The molecule has 0 saturated carbocycles. The predicted octanol–water partition coefficient (Wildman–Crippen LogP) is 3.29. The minimum atomic E-state index is -0.422. The molecule has 0 atom stereocenters. The van der Waals surface area contributed by atoms with Crippen LogP contribution in [-0.2, 0) is 13.6 Å². The number of nitrogens with zero attached hydrogens (tertiary/aromatic N) is 4. The molecule has 0 bridgehead atoms. The summed E-state index contributed by atoms with van der Waals surface area (Å²) in [4.78, 5) is 21.0. The Bertz CT molecular complexity index is 1180. The average molecular weight is 348 g/mol. The third-order valence-corrected chi connectivity index (χ3v) is 4.43. The van der Waals surface area contributed by atoms with Crippen LogP contribution in [-0.4, -0.2) is 19.1 Å². The Labute approximate surface area is 149 Å². The minimum absolute atomic E-state index is 0.196. The van der Waals surface area contributed by atoms with Crippen LogP contribution in [0.3, 0.4) is 0 Å². The van der Waals surface area contributed by atoms with E-state index in [1.165, 1.54) is 10.6 Å². The highest BCUT2D eigenvalue weighted by atomic mass is 19.1. The Balaban J connectivity index is 1.88. The molecule has 0 saturated heterocycles. The molecule has 0 N–H and O–H groups in total. The van der Waals surface area contributed by atoms with Gasteiger partial charge in [-0.3, -0.25) is 14.1 Å². The van der Waals surface area contributed by atoms with Gasteiger partial charge in [0.1, 0.15) is 5.82 Å². The molecular formula is C20H17FN4O. The first-order valence-corrected chi connectivity index (χ1v) is 8.24. The molecule has 6 heteroatoms. The third-order valence-electron chi connectivity index (χ3n) is 4.43. The van der Waals surface area contributed by atoms with Crippen molar-refractivity contribution in [3.8, 4) is 11.1 Å². The summed E-state index contributed by atoms with van der Waals surface area (Å²) >= 11 is 0. The van der Waals surface area contributed by atoms with Crippen LogP contribution < -0.4 is 5.69 Å². The first-order chi connectivity index (χ1) is 12.5. The number of aromatic nitrogens is 4. The molecule has 0 aliphatic rings. The van der Waals surface area contributed by atoms with Crippen molar-refractivity contribution in [3.05, 3.63) is 82.4 Å². The summed E-state index contributed by atoms with van der Waals surface area (Å²) in [6.07, 6.45) is 4.48. The van der Waals surface area contributed by atoms with Crippen LogP contribution in [0.1, 0.15) is 11.1 Å². The Morgan fingerprint density at radius 3 is 2.69 bits per heavy atom. The largest absolute Gasteiger partial charge is 0.330 e. The Morgan fingerprint density at radius 1 is 1.08 bits per heavy atom. The highest BCUT2D eigenvalue weighted by molar-refractivity contribution is 5.79. The fourth-order valence-electron chi connectivity index (χ4n) is 3.14. The number of hydrogen-bond acceptors (Lipinski definition) is 3. The maximum Gasteiger partial charge on any atom is 0.330 e. The zero-order valence-corrected chi connectivity index (χ0v) is 14.5. The Kier molecular flexibility index (Phi) is 3.88. The molecular weight excluding hydrogens is 331 g/mol. The molecule has 0 aliphatic heterocycles. The highest BCUT2D eigenvalue weighted by Crippen LogP contribution is 2.23. The van der Waals surface area contributed by atoms with Crippen molar-refractivity contribution in [1.29, 1.82) is 0 Å². The number of fused-ring (bicyclic) bond motifs is 1. The topological polar surface area (TPSA) is 52.7 Å². The molecule has 4 aromatic rings. The van der Waals surface area contributed by atoms with Gasteiger partial charge in [-0.25, -0.2) is 14.2 Å². The summed E-state index contributed by atoms with van der Waals surface area (Å²) < 4.78 is 16.5. The minimum Gasteiger partial charge on any atom is -0.286 e. The van der Waals surface area contributed by atoms with Crippen molar-refractivity contribution >= 4 is 11.2 Å². The third kappa shape index (κ3) is 2.79. The maximum absolute atomic E-state index is 13.4. The van der Waals surface area contributed by atoms with Gasteiger partial charge in [-0.05, 0) is 30.2 Å². The number of imidazole rings is 1. The van der Waals surface area contributed by atoms with E-state index in [-0.39, 0.29) is 12.2 Å². The lowest BCUT2D eigenvalue weighted by molar-refractivity contribution is 0.615. The van der Waals surface area contributed by atoms with Gasteiger partial charge in [-0.1, -0.05) is 29.8 Å². The van der Waals surface area contributed by atoms with Gasteiger partial charge in [0.15, 0.2) is 5.65 Å². The summed E-state index contributed by atoms with van der Waals surface area (Å²) in [6, 6.07) is 11.4. The molecule has 5 nitrogen and oxygen atoms in total. The van der Waals surface area contributed by atoms with Gasteiger partial charge in [0, 0.05) is 25.0 Å². The van der Waals surface area contributed by atoms with Crippen LogP contribution >= 0.6 is 0 Å². The smallest absolute Gasteiger partial charge is 0.286 e. The van der Waals surface area contributed by atoms with Gasteiger partial charge in [0.25, 0.3) is 0 Å². The lowest BCUT2D eigenvalue weighted by Crippen LogP contribution is -2.22. The van der Waals surface area contributed by atoms with Crippen molar-refractivity contribution in [2.45, 2.75) is 13.5 Å². The second-order valence-corrected chi connectivity index (χ2v) is 6.38. The average Bonchev–Trinajstić information content (AvgIpc) is 2.86. The standard InChI is InChI=1S/C20H17FN4O/c1-13-4-3-5-15(6-13)16-8-18-19(23-10-16)24(2)20(26)25(18)12-14-7-17(21)11-22-9-14/h3-11H,12H2,1-2H3. The number of rotatable bonds is 3. The molecule has 3 aromatic heterocycles. The van der Waals surface area contributed by atoms with Gasteiger partial charge in [-0.15, -0.1) is 0 Å². The second kappa shape index (κ2) is 6.22. The van der Waals surface area contributed by atoms with Crippen LogP contribution in [0.4, 0.5) is 4.39 Å². The fourth-order valence-corrected chi connectivity index (χ4v) is 3.14. The van der Waals surface area contributed by atoms with E-state index in [0.717, 1.165) is 22.9 Å². The number of benzene rings is 1. The van der Waals surface area contributed by atoms with Gasteiger partial charge in [-0.2, -0.15) is 0 Å². The predicted molar refractivity (Wildman–Crippen MR) is 98.4 cm³/mol. The first-order valence-electron chi connectivity index (χ1n) is 8.24. The summed E-state index contributed by atoms with van der Waals surface area (Å²) in [6.45, 7) is 2.27. The van der Waals surface area contributed by atoms with E-state index >= 15 is 0 Å². The molecule has 0 unspecified atom stereocenters. The first kappa shape index (κ1) is 16.2. The molecule has 0 amide bonds. The van der Waals surface area contributed by atoms with Crippen molar-refractivity contribution < 1.29 is 4.39 Å². The van der Waals surface area contributed by atoms with Gasteiger partial charge in [0.2, 0.25) is 0 Å². The summed E-state index contributed by atoms with van der Waals surface area (Å²) in [7, 11) is 1.68. The van der Waals surface area contributed by atoms with Crippen LogP contribution in [0.15, 0.2) is 59.8 Å². The molecule has 130 valence electrons. The molecule has 4 rings (SSSR count). The molecule has 1 aromatic carbocycles. The van der Waals surface area contributed by atoms with Crippen LogP contribution in [0.5, 0.6) is 0 Å². The lowest BCUT2D eigenvalue weighted by atomic mass is 10.1. The molecule has 0 spiro atoms. The van der Waals surface area contributed by atoms with Crippen molar-refractivity contribution in [2.75, 3.05) is 0 Å². The van der Waals surface area contributed by atoms with Gasteiger partial charge in [0.05, 0.1) is 18.3 Å². The normalized spacial score (nSPS) is 11.2. The zero-order valence-electron chi connectivity index (χ0n) is 14.5. The molecule has 26 heavy (non-hydrogen) atoms. The molecule has 0 fully saturated rings. The van der Waals surface area contributed by atoms with E-state index in [2.05, 4.69) is 16.0 Å². The van der Waals surface area contributed by atoms with E-state index in [4.69, 9.17) is 0 Å². The zero-order chi connectivity index (χ0) is 18.3. The number of hydrogen-bond donors (Lipinski definition) is 0. The van der Waals surface area contributed by atoms with Gasteiger partial charge < -0.3 is 0 Å². The second-order valence-electron chi connectivity index (χ2n) is 6.38. The fraction of sp³-hybridized carbons (Fsp3) is 0.150. The van der Waals surface area contributed by atoms with Crippen molar-refractivity contribution in [1.82, 2.24) is 19.1 Å². The summed E-state index contributed by atoms with van der Waals surface area (Å²) in [5, 5.41) is 0. The quantitative estimate of drug-likeness (QED) is 0.571. The van der Waals surface area contributed by atoms with Crippen LogP contribution in [0.25, 0.3) is 22.3 Å². The van der Waals surface area contributed by atoms with Crippen LogP contribution in [0.2, 0.25) is 0 Å². The highest BCUT2D eigenvalue weighted by Gasteiger charge is 2.14. The monoisotopic (exact) mass is 348 g/mol. The SMILES string of the molecule is Cc1cccc(-c2cnc3c(c2)n(Cc2cncc(F)c2)c(=O)n3C)c1.